The summed E-state index contributed by atoms with van der Waals surface area (Å²) in [6.07, 6.45) is 5.07. The Labute approximate surface area is 170 Å². The van der Waals surface area contributed by atoms with Gasteiger partial charge in [0.05, 0.1) is 31.3 Å². The average Bonchev–Trinajstić information content (AvgIpc) is 3.51. The van der Waals surface area contributed by atoms with Gasteiger partial charge < -0.3 is 14.6 Å². The third-order valence-electron chi connectivity index (χ3n) is 4.55. The number of hydrogen-bond donors (Lipinski definition) is 1. The highest BCUT2D eigenvalue weighted by Gasteiger charge is 2.32. The number of carbonyl (C=O) groups excluding carboxylic acids is 1. The molecule has 1 saturated carbocycles. The fraction of sp³-hybridized carbons (Fsp3) is 0.318. The Hall–Kier alpha value is -3.19. The van der Waals surface area contributed by atoms with E-state index in [0.29, 0.717) is 23.0 Å². The second kappa shape index (κ2) is 9.34. The topological polar surface area (TPSA) is 85.9 Å². The molecule has 29 heavy (non-hydrogen) atoms. The van der Waals surface area contributed by atoms with Gasteiger partial charge >= 0.3 is 0 Å². The SMILES string of the molecule is C=C/C(=C\N=C(C)OC)n1nc(C(=O)C2CC2)cc1-c1ccc(OCCO)cc1. The number of rotatable bonds is 9. The van der Waals surface area contributed by atoms with E-state index in [4.69, 9.17) is 14.6 Å². The summed E-state index contributed by atoms with van der Waals surface area (Å²) in [5.74, 6) is 1.29. The summed E-state index contributed by atoms with van der Waals surface area (Å²) in [4.78, 5) is 16.8. The summed E-state index contributed by atoms with van der Waals surface area (Å²) >= 11 is 0. The molecule has 7 heteroatoms. The molecule has 1 aliphatic carbocycles. The van der Waals surface area contributed by atoms with Gasteiger partial charge in [-0.15, -0.1) is 0 Å². The molecule has 0 unspecified atom stereocenters. The number of aliphatic hydroxyl groups excluding tert-OH is 1. The Morgan fingerprint density at radius 3 is 2.69 bits per heavy atom. The number of aromatic nitrogens is 2. The lowest BCUT2D eigenvalue weighted by Crippen LogP contribution is -2.05. The number of ketones is 1. The Morgan fingerprint density at radius 1 is 1.38 bits per heavy atom. The second-order valence-electron chi connectivity index (χ2n) is 6.67. The van der Waals surface area contributed by atoms with Crippen LogP contribution in [-0.4, -0.2) is 46.9 Å². The van der Waals surface area contributed by atoms with Gasteiger partial charge in [0.1, 0.15) is 18.1 Å². The molecule has 1 fully saturated rings. The molecule has 0 aliphatic heterocycles. The van der Waals surface area contributed by atoms with Crippen LogP contribution in [0.3, 0.4) is 0 Å². The van der Waals surface area contributed by atoms with Crippen molar-refractivity contribution in [3.8, 4) is 17.0 Å². The molecule has 1 N–H and O–H groups in total. The summed E-state index contributed by atoms with van der Waals surface area (Å²) in [7, 11) is 1.55. The van der Waals surface area contributed by atoms with Crippen molar-refractivity contribution in [1.29, 1.82) is 0 Å². The number of aliphatic hydroxyl groups is 1. The van der Waals surface area contributed by atoms with E-state index in [9.17, 15) is 4.79 Å². The third-order valence-corrected chi connectivity index (χ3v) is 4.55. The first-order valence-electron chi connectivity index (χ1n) is 9.47. The van der Waals surface area contributed by atoms with Crippen LogP contribution in [0.25, 0.3) is 17.0 Å². The number of hydrogen-bond acceptors (Lipinski definition) is 6. The van der Waals surface area contributed by atoms with Gasteiger partial charge in [-0.25, -0.2) is 9.67 Å². The van der Waals surface area contributed by atoms with Gasteiger partial charge in [0.2, 0.25) is 0 Å². The summed E-state index contributed by atoms with van der Waals surface area (Å²) in [6, 6.07) is 9.20. The van der Waals surface area contributed by atoms with E-state index in [2.05, 4.69) is 16.7 Å². The van der Waals surface area contributed by atoms with Crippen LogP contribution in [-0.2, 0) is 4.74 Å². The highest BCUT2D eigenvalue weighted by atomic mass is 16.5. The van der Waals surface area contributed by atoms with Gasteiger partial charge in [0, 0.05) is 18.4 Å². The molecule has 0 saturated heterocycles. The van der Waals surface area contributed by atoms with Gasteiger partial charge in [0.15, 0.2) is 11.7 Å². The molecule has 0 atom stereocenters. The lowest BCUT2D eigenvalue weighted by molar-refractivity contribution is 0.0962. The second-order valence-corrected chi connectivity index (χ2v) is 6.67. The van der Waals surface area contributed by atoms with E-state index in [0.717, 1.165) is 24.1 Å². The predicted molar refractivity (Wildman–Crippen MR) is 112 cm³/mol. The standard InChI is InChI=1S/C22H25N3O4/c1-4-18(14-23-15(2)28-3)25-21(13-20(24-25)22(27)17-5-6-17)16-7-9-19(10-8-16)29-12-11-26/h4,7-10,13-14,17,26H,1,5-6,11-12H2,2-3H3/b18-14+,23-15?. The van der Waals surface area contributed by atoms with Crippen molar-refractivity contribution < 1.29 is 19.4 Å². The first-order chi connectivity index (χ1) is 14.1. The van der Waals surface area contributed by atoms with Crippen LogP contribution in [0.5, 0.6) is 5.75 Å². The normalized spacial score (nSPS) is 14.6. The number of methoxy groups -OCH3 is 1. The largest absolute Gasteiger partial charge is 0.491 e. The number of carbonyl (C=O) groups is 1. The van der Waals surface area contributed by atoms with Crippen LogP contribution in [0, 0.1) is 5.92 Å². The van der Waals surface area contributed by atoms with Crippen molar-refractivity contribution in [2.45, 2.75) is 19.8 Å². The van der Waals surface area contributed by atoms with Gasteiger partial charge in [-0.3, -0.25) is 4.79 Å². The van der Waals surface area contributed by atoms with Gasteiger partial charge in [-0.05, 0) is 49.2 Å². The minimum atomic E-state index is -0.0456. The summed E-state index contributed by atoms with van der Waals surface area (Å²) < 4.78 is 12.2. The molecule has 1 aromatic carbocycles. The van der Waals surface area contributed by atoms with Crippen molar-refractivity contribution in [3.05, 3.63) is 54.9 Å². The van der Waals surface area contributed by atoms with E-state index in [1.165, 1.54) is 0 Å². The number of benzene rings is 1. The van der Waals surface area contributed by atoms with E-state index >= 15 is 0 Å². The van der Waals surface area contributed by atoms with Crippen LogP contribution in [0.15, 0.2) is 54.2 Å². The number of allylic oxidation sites excluding steroid dienone is 2. The lowest BCUT2D eigenvalue weighted by atomic mass is 10.1. The molecule has 3 rings (SSSR count). The van der Waals surface area contributed by atoms with Crippen LogP contribution in [0.1, 0.15) is 30.3 Å². The summed E-state index contributed by atoms with van der Waals surface area (Å²) in [6.45, 7) is 5.79. The first kappa shape index (κ1) is 20.5. The molecule has 0 spiro atoms. The maximum Gasteiger partial charge on any atom is 0.186 e. The summed E-state index contributed by atoms with van der Waals surface area (Å²) in [5, 5.41) is 13.4. The molecule has 2 aromatic rings. The van der Waals surface area contributed by atoms with Gasteiger partial charge in [0.25, 0.3) is 0 Å². The first-order valence-corrected chi connectivity index (χ1v) is 9.47. The quantitative estimate of drug-likeness (QED) is 0.304. The molecule has 152 valence electrons. The van der Waals surface area contributed by atoms with Crippen molar-refractivity contribution in [2.75, 3.05) is 20.3 Å². The van der Waals surface area contributed by atoms with E-state index in [1.807, 2.05) is 24.3 Å². The van der Waals surface area contributed by atoms with E-state index in [-0.39, 0.29) is 24.9 Å². The van der Waals surface area contributed by atoms with Crippen LogP contribution in [0.4, 0.5) is 0 Å². The van der Waals surface area contributed by atoms with Crippen molar-refractivity contribution in [2.24, 2.45) is 10.9 Å². The zero-order chi connectivity index (χ0) is 20.8. The van der Waals surface area contributed by atoms with Crippen LogP contribution in [0.2, 0.25) is 0 Å². The minimum absolute atomic E-state index is 0.0456. The zero-order valence-electron chi connectivity index (χ0n) is 16.7. The Balaban J connectivity index is 2.02. The smallest absolute Gasteiger partial charge is 0.186 e. The summed E-state index contributed by atoms with van der Waals surface area (Å²) in [5.41, 5.74) is 2.66. The van der Waals surface area contributed by atoms with Gasteiger partial charge in [-0.2, -0.15) is 5.10 Å². The van der Waals surface area contributed by atoms with Crippen LogP contribution < -0.4 is 4.74 Å². The number of Topliss-reactive ketones (excluding diaryl/α,β-unsaturated/α-hetero) is 1. The minimum Gasteiger partial charge on any atom is -0.491 e. The molecule has 0 bridgehead atoms. The number of ether oxygens (including phenoxy) is 2. The molecular weight excluding hydrogens is 370 g/mol. The Bertz CT molecular complexity index is 937. The molecule has 7 nitrogen and oxygen atoms in total. The molecular formula is C22H25N3O4. The van der Waals surface area contributed by atoms with E-state index < -0.39 is 0 Å². The lowest BCUT2D eigenvalue weighted by Gasteiger charge is -2.09. The highest BCUT2D eigenvalue weighted by Crippen LogP contribution is 2.34. The van der Waals surface area contributed by atoms with Crippen molar-refractivity contribution in [3.63, 3.8) is 0 Å². The number of aliphatic imine (C=N–C) groups is 1. The maximum absolute atomic E-state index is 12.6. The van der Waals surface area contributed by atoms with Crippen LogP contribution >= 0.6 is 0 Å². The van der Waals surface area contributed by atoms with Crippen molar-refractivity contribution >= 4 is 17.4 Å². The maximum atomic E-state index is 12.6. The average molecular weight is 395 g/mol. The molecule has 1 aliphatic rings. The fourth-order valence-electron chi connectivity index (χ4n) is 2.75. The molecule has 1 aromatic heterocycles. The third kappa shape index (κ3) is 5.00. The van der Waals surface area contributed by atoms with E-state index in [1.54, 1.807) is 37.1 Å². The Morgan fingerprint density at radius 2 is 2.10 bits per heavy atom. The predicted octanol–water partition coefficient (Wildman–Crippen LogP) is 3.56. The number of nitrogens with zero attached hydrogens (tertiary/aromatic N) is 3. The zero-order valence-corrected chi connectivity index (χ0v) is 16.7. The molecule has 0 radical (unpaired) electrons. The Kier molecular flexibility index (Phi) is 6.61. The van der Waals surface area contributed by atoms with Gasteiger partial charge in [-0.1, -0.05) is 6.58 Å². The highest BCUT2D eigenvalue weighted by molar-refractivity contribution is 5.98. The van der Waals surface area contributed by atoms with Crippen molar-refractivity contribution in [1.82, 2.24) is 9.78 Å². The fourth-order valence-corrected chi connectivity index (χ4v) is 2.75. The molecule has 0 amide bonds. The monoisotopic (exact) mass is 395 g/mol. The molecule has 1 heterocycles.